The van der Waals surface area contributed by atoms with Crippen LogP contribution in [0.4, 0.5) is 0 Å². The molecule has 2 nitrogen and oxygen atoms in total. The van der Waals surface area contributed by atoms with Crippen LogP contribution in [0.25, 0.3) is 0 Å². The van der Waals surface area contributed by atoms with E-state index in [1.807, 2.05) is 25.5 Å². The van der Waals surface area contributed by atoms with Gasteiger partial charge in [0.15, 0.2) is 0 Å². The van der Waals surface area contributed by atoms with Crippen LogP contribution in [-0.4, -0.2) is 18.6 Å². The Morgan fingerprint density at radius 3 is 3.00 bits per heavy atom. The molecule has 13 heavy (non-hydrogen) atoms. The molecule has 2 rings (SSSR count). The fourth-order valence-electron chi connectivity index (χ4n) is 1.87. The monoisotopic (exact) mass is 176 g/mol. The smallest absolute Gasteiger partial charge is 0.0303 e. The summed E-state index contributed by atoms with van der Waals surface area (Å²) in [5.41, 5.74) is 1.39. The molecule has 1 saturated carbocycles. The summed E-state index contributed by atoms with van der Waals surface area (Å²) in [6.45, 7) is 1.08. The Morgan fingerprint density at radius 1 is 1.62 bits per heavy atom. The van der Waals surface area contributed by atoms with E-state index in [-0.39, 0.29) is 0 Å². The second-order valence-electron chi connectivity index (χ2n) is 3.79. The van der Waals surface area contributed by atoms with Gasteiger partial charge in [0.05, 0.1) is 0 Å². The Balaban J connectivity index is 2.10. The van der Waals surface area contributed by atoms with E-state index in [0.29, 0.717) is 5.92 Å². The molecule has 1 aliphatic rings. The van der Waals surface area contributed by atoms with Crippen molar-refractivity contribution in [2.45, 2.75) is 18.8 Å². The lowest BCUT2D eigenvalue weighted by Crippen LogP contribution is -2.18. The summed E-state index contributed by atoms with van der Waals surface area (Å²) in [6, 6.07) is 4.22. The van der Waals surface area contributed by atoms with Crippen LogP contribution in [0.5, 0.6) is 0 Å². The molecule has 0 radical (unpaired) electrons. The third-order valence-corrected chi connectivity index (χ3v) is 2.73. The highest BCUT2D eigenvalue weighted by atomic mass is 14.8. The van der Waals surface area contributed by atoms with Crippen molar-refractivity contribution in [2.24, 2.45) is 5.92 Å². The van der Waals surface area contributed by atoms with Gasteiger partial charge in [0, 0.05) is 24.9 Å². The summed E-state index contributed by atoms with van der Waals surface area (Å²) in [5, 5.41) is 3.26. The second kappa shape index (κ2) is 3.88. The molecule has 1 N–H and O–H groups in total. The average Bonchev–Trinajstić information content (AvgIpc) is 2.99. The van der Waals surface area contributed by atoms with Gasteiger partial charge in [0.1, 0.15) is 0 Å². The Bertz CT molecular complexity index is 254. The normalized spacial score (nSPS) is 18.5. The molecule has 0 saturated heterocycles. The predicted molar refractivity (Wildman–Crippen MR) is 53.6 cm³/mol. The highest BCUT2D eigenvalue weighted by Gasteiger charge is 2.31. The zero-order chi connectivity index (χ0) is 9.10. The van der Waals surface area contributed by atoms with E-state index in [1.165, 1.54) is 18.4 Å². The summed E-state index contributed by atoms with van der Waals surface area (Å²) in [4.78, 5) is 4.17. The SMILES string of the molecule is CNCC(c1cccnc1)C1CC1. The Hall–Kier alpha value is -0.890. The van der Waals surface area contributed by atoms with E-state index in [2.05, 4.69) is 16.4 Å². The average molecular weight is 176 g/mol. The van der Waals surface area contributed by atoms with E-state index in [9.17, 15) is 0 Å². The van der Waals surface area contributed by atoms with Crippen molar-refractivity contribution < 1.29 is 0 Å². The molecule has 1 aromatic heterocycles. The first-order valence-electron chi connectivity index (χ1n) is 4.96. The van der Waals surface area contributed by atoms with Crippen LogP contribution < -0.4 is 5.32 Å². The van der Waals surface area contributed by atoms with Gasteiger partial charge in [-0.2, -0.15) is 0 Å². The molecule has 70 valence electrons. The van der Waals surface area contributed by atoms with Gasteiger partial charge >= 0.3 is 0 Å². The molecule has 0 amide bonds. The van der Waals surface area contributed by atoms with Crippen molar-refractivity contribution in [3.05, 3.63) is 30.1 Å². The maximum Gasteiger partial charge on any atom is 0.0303 e. The van der Waals surface area contributed by atoms with Crippen LogP contribution in [0.15, 0.2) is 24.5 Å². The van der Waals surface area contributed by atoms with E-state index in [4.69, 9.17) is 0 Å². The van der Waals surface area contributed by atoms with Crippen LogP contribution in [0.3, 0.4) is 0 Å². The molecule has 0 spiro atoms. The molecule has 1 aromatic rings. The topological polar surface area (TPSA) is 24.9 Å². The Labute approximate surface area is 79.4 Å². The first kappa shape index (κ1) is 8.70. The molecule has 0 aromatic carbocycles. The van der Waals surface area contributed by atoms with Crippen molar-refractivity contribution in [2.75, 3.05) is 13.6 Å². The van der Waals surface area contributed by atoms with Crippen molar-refractivity contribution >= 4 is 0 Å². The number of likely N-dealkylation sites (N-methyl/N-ethyl adjacent to an activating group) is 1. The fourth-order valence-corrected chi connectivity index (χ4v) is 1.87. The van der Waals surface area contributed by atoms with Gasteiger partial charge < -0.3 is 5.32 Å². The number of hydrogen-bond acceptors (Lipinski definition) is 2. The lowest BCUT2D eigenvalue weighted by Gasteiger charge is -2.15. The van der Waals surface area contributed by atoms with Gasteiger partial charge in [0.25, 0.3) is 0 Å². The number of aromatic nitrogens is 1. The summed E-state index contributed by atoms with van der Waals surface area (Å²) in [6.07, 6.45) is 6.62. The number of hydrogen-bond donors (Lipinski definition) is 1. The van der Waals surface area contributed by atoms with Crippen LogP contribution in [0.2, 0.25) is 0 Å². The summed E-state index contributed by atoms with van der Waals surface area (Å²) < 4.78 is 0. The van der Waals surface area contributed by atoms with Crippen molar-refractivity contribution in [1.82, 2.24) is 10.3 Å². The molecular formula is C11H16N2. The molecule has 1 heterocycles. The Kier molecular flexibility index (Phi) is 2.60. The van der Waals surface area contributed by atoms with E-state index in [1.54, 1.807) is 0 Å². The fraction of sp³-hybridized carbons (Fsp3) is 0.545. The molecule has 1 atom stereocenters. The van der Waals surface area contributed by atoms with Gasteiger partial charge in [-0.1, -0.05) is 6.07 Å². The van der Waals surface area contributed by atoms with Gasteiger partial charge in [-0.3, -0.25) is 4.98 Å². The molecule has 1 fully saturated rings. The van der Waals surface area contributed by atoms with Gasteiger partial charge in [-0.25, -0.2) is 0 Å². The molecule has 0 aliphatic heterocycles. The van der Waals surface area contributed by atoms with Crippen molar-refractivity contribution in [1.29, 1.82) is 0 Å². The highest BCUT2D eigenvalue weighted by Crippen LogP contribution is 2.41. The molecule has 1 unspecified atom stereocenters. The molecule has 1 aliphatic carbocycles. The second-order valence-corrected chi connectivity index (χ2v) is 3.79. The lowest BCUT2D eigenvalue weighted by molar-refractivity contribution is 0.565. The molecule has 0 bridgehead atoms. The van der Waals surface area contributed by atoms with Gasteiger partial charge in [-0.05, 0) is 37.4 Å². The minimum absolute atomic E-state index is 0.679. The first-order valence-corrected chi connectivity index (χ1v) is 4.96. The minimum Gasteiger partial charge on any atom is -0.319 e. The highest BCUT2D eigenvalue weighted by molar-refractivity contribution is 5.18. The van der Waals surface area contributed by atoms with Crippen LogP contribution in [0.1, 0.15) is 24.3 Å². The summed E-state index contributed by atoms with van der Waals surface area (Å²) in [7, 11) is 2.02. The van der Waals surface area contributed by atoms with Crippen LogP contribution in [0, 0.1) is 5.92 Å². The standard InChI is InChI=1S/C11H16N2/c1-12-8-11(9-4-5-9)10-3-2-6-13-7-10/h2-3,6-7,9,11-12H,4-5,8H2,1H3. The van der Waals surface area contributed by atoms with Crippen LogP contribution in [-0.2, 0) is 0 Å². The number of nitrogens with one attached hydrogen (secondary N) is 1. The van der Waals surface area contributed by atoms with E-state index < -0.39 is 0 Å². The maximum atomic E-state index is 4.17. The Morgan fingerprint density at radius 2 is 2.46 bits per heavy atom. The number of rotatable bonds is 4. The summed E-state index contributed by atoms with van der Waals surface area (Å²) >= 11 is 0. The van der Waals surface area contributed by atoms with E-state index >= 15 is 0 Å². The zero-order valence-corrected chi connectivity index (χ0v) is 8.03. The largest absolute Gasteiger partial charge is 0.319 e. The zero-order valence-electron chi connectivity index (χ0n) is 8.03. The van der Waals surface area contributed by atoms with Gasteiger partial charge in [-0.15, -0.1) is 0 Å². The molecule has 2 heteroatoms. The van der Waals surface area contributed by atoms with Crippen molar-refractivity contribution in [3.63, 3.8) is 0 Å². The molecular weight excluding hydrogens is 160 g/mol. The number of pyridine rings is 1. The lowest BCUT2D eigenvalue weighted by atomic mass is 9.96. The predicted octanol–water partition coefficient (Wildman–Crippen LogP) is 1.79. The maximum absolute atomic E-state index is 4.17. The third-order valence-electron chi connectivity index (χ3n) is 2.73. The summed E-state index contributed by atoms with van der Waals surface area (Å²) in [5.74, 6) is 1.58. The van der Waals surface area contributed by atoms with Crippen molar-refractivity contribution in [3.8, 4) is 0 Å². The number of nitrogens with zero attached hydrogens (tertiary/aromatic N) is 1. The minimum atomic E-state index is 0.679. The van der Waals surface area contributed by atoms with E-state index in [0.717, 1.165) is 12.5 Å². The van der Waals surface area contributed by atoms with Gasteiger partial charge in [0.2, 0.25) is 0 Å². The third kappa shape index (κ3) is 2.07. The first-order chi connectivity index (χ1) is 6.42. The quantitative estimate of drug-likeness (QED) is 0.756. The van der Waals surface area contributed by atoms with Crippen LogP contribution >= 0.6 is 0 Å².